The van der Waals surface area contributed by atoms with Crippen molar-refractivity contribution in [1.29, 1.82) is 0 Å². The minimum atomic E-state index is -0.296. The van der Waals surface area contributed by atoms with Crippen LogP contribution in [0.5, 0.6) is 0 Å². The van der Waals surface area contributed by atoms with Crippen LogP contribution in [0.2, 0.25) is 5.02 Å². The standard InChI is InChI=1S/C23H24ClN5O2/c24-19-7-4-3-6-18(19)23(31)25-14-13-21(30)26-17-11-9-16(10-12-17)22-28-27-20-8-2-1-5-15-29(20)22/h3-4,6-7,9-12H,1-2,5,8,13-15H2,(H,25,31)(H,26,30). The molecule has 4 rings (SSSR count). The summed E-state index contributed by atoms with van der Waals surface area (Å²) < 4.78 is 2.20. The van der Waals surface area contributed by atoms with Crippen molar-refractivity contribution in [3.63, 3.8) is 0 Å². The van der Waals surface area contributed by atoms with Gasteiger partial charge >= 0.3 is 0 Å². The van der Waals surface area contributed by atoms with Gasteiger partial charge < -0.3 is 15.2 Å². The highest BCUT2D eigenvalue weighted by molar-refractivity contribution is 6.33. The van der Waals surface area contributed by atoms with E-state index in [1.807, 2.05) is 24.3 Å². The lowest BCUT2D eigenvalue weighted by Gasteiger charge is -2.09. The lowest BCUT2D eigenvalue weighted by molar-refractivity contribution is -0.116. The fourth-order valence-electron chi connectivity index (χ4n) is 3.65. The number of fused-ring (bicyclic) bond motifs is 1. The quantitative estimate of drug-likeness (QED) is 0.608. The van der Waals surface area contributed by atoms with Gasteiger partial charge in [-0.1, -0.05) is 30.2 Å². The van der Waals surface area contributed by atoms with Crippen LogP contribution in [0.1, 0.15) is 41.9 Å². The Bertz CT molecular complexity index is 1080. The van der Waals surface area contributed by atoms with E-state index in [1.165, 1.54) is 6.42 Å². The number of carbonyl (C=O) groups excluding carboxylic acids is 2. The molecule has 0 saturated heterocycles. The van der Waals surface area contributed by atoms with Crippen molar-refractivity contribution in [3.05, 3.63) is 64.9 Å². The molecule has 2 N–H and O–H groups in total. The zero-order chi connectivity index (χ0) is 21.6. The second kappa shape index (κ2) is 9.75. The third-order valence-corrected chi connectivity index (χ3v) is 5.62. The average Bonchev–Trinajstić information content (AvgIpc) is 3.02. The van der Waals surface area contributed by atoms with E-state index in [1.54, 1.807) is 24.3 Å². The molecule has 160 valence electrons. The maximum Gasteiger partial charge on any atom is 0.252 e. The highest BCUT2D eigenvalue weighted by atomic mass is 35.5. The lowest BCUT2D eigenvalue weighted by Crippen LogP contribution is -2.27. The third-order valence-electron chi connectivity index (χ3n) is 5.29. The SMILES string of the molecule is O=C(CCNC(=O)c1ccccc1Cl)Nc1ccc(-c2nnc3n2CCCCC3)cc1. The number of amides is 2. The van der Waals surface area contributed by atoms with E-state index in [-0.39, 0.29) is 24.8 Å². The molecule has 3 aromatic rings. The Morgan fingerprint density at radius 1 is 1.00 bits per heavy atom. The number of aryl methyl sites for hydroxylation is 1. The maximum absolute atomic E-state index is 12.2. The van der Waals surface area contributed by atoms with Crippen molar-refractivity contribution < 1.29 is 9.59 Å². The molecule has 1 aliphatic heterocycles. The zero-order valence-corrected chi connectivity index (χ0v) is 17.9. The molecule has 7 nitrogen and oxygen atoms in total. The Kier molecular flexibility index (Phi) is 6.62. The number of hydrogen-bond acceptors (Lipinski definition) is 4. The van der Waals surface area contributed by atoms with E-state index < -0.39 is 0 Å². The fraction of sp³-hybridized carbons (Fsp3) is 0.304. The Hall–Kier alpha value is -3.19. The van der Waals surface area contributed by atoms with Crippen LogP contribution in [-0.2, 0) is 17.8 Å². The summed E-state index contributed by atoms with van der Waals surface area (Å²) in [5.41, 5.74) is 2.07. The summed E-state index contributed by atoms with van der Waals surface area (Å²) in [7, 11) is 0. The van der Waals surface area contributed by atoms with Gasteiger partial charge in [-0.25, -0.2) is 0 Å². The van der Waals surface area contributed by atoms with Crippen molar-refractivity contribution in [3.8, 4) is 11.4 Å². The van der Waals surface area contributed by atoms with Gasteiger partial charge in [-0.15, -0.1) is 10.2 Å². The largest absolute Gasteiger partial charge is 0.351 e. The molecule has 0 radical (unpaired) electrons. The lowest BCUT2D eigenvalue weighted by atomic mass is 10.2. The van der Waals surface area contributed by atoms with E-state index in [2.05, 4.69) is 25.4 Å². The molecule has 0 unspecified atom stereocenters. The van der Waals surface area contributed by atoms with Gasteiger partial charge in [0.25, 0.3) is 5.91 Å². The molecule has 0 fully saturated rings. The summed E-state index contributed by atoms with van der Waals surface area (Å²) in [6.07, 6.45) is 4.64. The molecular weight excluding hydrogens is 414 g/mol. The van der Waals surface area contributed by atoms with Crippen molar-refractivity contribution >= 4 is 29.1 Å². The number of hydrogen-bond donors (Lipinski definition) is 2. The molecule has 31 heavy (non-hydrogen) atoms. The van der Waals surface area contributed by atoms with Crippen molar-refractivity contribution in [1.82, 2.24) is 20.1 Å². The molecule has 0 bridgehead atoms. The number of rotatable bonds is 6. The predicted octanol–water partition coefficient (Wildman–Crippen LogP) is 4.08. The number of benzene rings is 2. The van der Waals surface area contributed by atoms with Crippen LogP contribution in [0, 0.1) is 0 Å². The number of halogens is 1. The molecular formula is C23H24ClN5O2. The monoisotopic (exact) mass is 437 g/mol. The van der Waals surface area contributed by atoms with Gasteiger partial charge in [0.1, 0.15) is 5.82 Å². The first kappa shape index (κ1) is 21.1. The number of aromatic nitrogens is 3. The topological polar surface area (TPSA) is 88.9 Å². The highest BCUT2D eigenvalue weighted by Gasteiger charge is 2.16. The third kappa shape index (κ3) is 5.11. The van der Waals surface area contributed by atoms with Crippen LogP contribution >= 0.6 is 11.6 Å². The smallest absolute Gasteiger partial charge is 0.252 e. The minimum absolute atomic E-state index is 0.162. The molecule has 2 heterocycles. The number of anilines is 1. The Balaban J connectivity index is 1.30. The molecule has 2 amide bonds. The summed E-state index contributed by atoms with van der Waals surface area (Å²) in [6, 6.07) is 14.4. The summed E-state index contributed by atoms with van der Waals surface area (Å²) in [5, 5.41) is 14.7. The molecule has 0 saturated carbocycles. The summed E-state index contributed by atoms with van der Waals surface area (Å²) in [6.45, 7) is 1.16. The van der Waals surface area contributed by atoms with Crippen LogP contribution < -0.4 is 10.6 Å². The molecule has 1 aromatic heterocycles. The van der Waals surface area contributed by atoms with Crippen molar-refractivity contribution in [2.45, 2.75) is 38.6 Å². The predicted molar refractivity (Wildman–Crippen MR) is 120 cm³/mol. The minimum Gasteiger partial charge on any atom is -0.351 e. The summed E-state index contributed by atoms with van der Waals surface area (Å²) >= 11 is 6.01. The first-order valence-electron chi connectivity index (χ1n) is 10.5. The molecule has 0 aliphatic carbocycles. The van der Waals surface area contributed by atoms with Gasteiger partial charge in [0.15, 0.2) is 5.82 Å². The van der Waals surface area contributed by atoms with Gasteiger partial charge in [-0.3, -0.25) is 9.59 Å². The molecule has 8 heteroatoms. The van der Waals surface area contributed by atoms with E-state index in [9.17, 15) is 9.59 Å². The first-order chi connectivity index (χ1) is 15.1. The Morgan fingerprint density at radius 3 is 2.61 bits per heavy atom. The first-order valence-corrected chi connectivity index (χ1v) is 10.8. The van der Waals surface area contributed by atoms with E-state index in [4.69, 9.17) is 11.6 Å². The Labute approximate surface area is 185 Å². The van der Waals surface area contributed by atoms with Crippen LogP contribution in [0.3, 0.4) is 0 Å². The zero-order valence-electron chi connectivity index (χ0n) is 17.1. The van der Waals surface area contributed by atoms with E-state index in [0.717, 1.165) is 43.0 Å². The van der Waals surface area contributed by atoms with Crippen LogP contribution in [0.25, 0.3) is 11.4 Å². The number of carbonyl (C=O) groups is 2. The normalized spacial score (nSPS) is 13.2. The van der Waals surface area contributed by atoms with Gasteiger partial charge in [0, 0.05) is 37.2 Å². The molecule has 1 aliphatic rings. The number of nitrogens with zero attached hydrogens (tertiary/aromatic N) is 3. The maximum atomic E-state index is 12.2. The van der Waals surface area contributed by atoms with E-state index >= 15 is 0 Å². The van der Waals surface area contributed by atoms with Crippen LogP contribution in [0.4, 0.5) is 5.69 Å². The van der Waals surface area contributed by atoms with Crippen molar-refractivity contribution in [2.24, 2.45) is 0 Å². The molecule has 0 atom stereocenters. The average molecular weight is 438 g/mol. The molecule has 2 aromatic carbocycles. The van der Waals surface area contributed by atoms with Crippen molar-refractivity contribution in [2.75, 3.05) is 11.9 Å². The highest BCUT2D eigenvalue weighted by Crippen LogP contribution is 2.24. The summed E-state index contributed by atoms with van der Waals surface area (Å²) in [5.74, 6) is 1.44. The van der Waals surface area contributed by atoms with Gasteiger partial charge in [0.2, 0.25) is 5.91 Å². The number of nitrogens with one attached hydrogen (secondary N) is 2. The Morgan fingerprint density at radius 2 is 1.81 bits per heavy atom. The van der Waals surface area contributed by atoms with Gasteiger partial charge in [-0.2, -0.15) is 0 Å². The second-order valence-corrected chi connectivity index (χ2v) is 7.92. The fourth-order valence-corrected chi connectivity index (χ4v) is 3.88. The van der Waals surface area contributed by atoms with Gasteiger partial charge in [0.05, 0.1) is 10.6 Å². The molecule has 0 spiro atoms. The van der Waals surface area contributed by atoms with Crippen LogP contribution in [-0.4, -0.2) is 33.1 Å². The summed E-state index contributed by atoms with van der Waals surface area (Å²) in [4.78, 5) is 24.4. The van der Waals surface area contributed by atoms with Gasteiger partial charge in [-0.05, 0) is 49.2 Å². The van der Waals surface area contributed by atoms with E-state index in [0.29, 0.717) is 16.3 Å². The second-order valence-electron chi connectivity index (χ2n) is 7.51. The van der Waals surface area contributed by atoms with Crippen LogP contribution in [0.15, 0.2) is 48.5 Å².